The van der Waals surface area contributed by atoms with Gasteiger partial charge < -0.3 is 9.97 Å². The summed E-state index contributed by atoms with van der Waals surface area (Å²) in [5.41, 5.74) is 3.34. The molecule has 3 rings (SSSR count). The van der Waals surface area contributed by atoms with E-state index < -0.39 is 0 Å². The first-order valence-corrected chi connectivity index (χ1v) is 6.95. The first kappa shape index (κ1) is 11.3. The average Bonchev–Trinajstić information content (AvgIpc) is 3.03. The highest BCUT2D eigenvalue weighted by molar-refractivity contribution is 7.99. The number of nitrogens with zero attached hydrogens (tertiary/aromatic N) is 2. The summed E-state index contributed by atoms with van der Waals surface area (Å²) in [6.07, 6.45) is 5.75. The second-order valence-electron chi connectivity index (χ2n) is 4.09. The van der Waals surface area contributed by atoms with Crippen molar-refractivity contribution in [2.75, 3.05) is 5.75 Å². The number of hydrogen-bond acceptors (Lipinski definition) is 3. The molecule has 0 amide bonds. The summed E-state index contributed by atoms with van der Waals surface area (Å²) in [4.78, 5) is 15.0. The molecule has 0 aliphatic heterocycles. The first-order valence-electron chi connectivity index (χ1n) is 5.96. The largest absolute Gasteiger partial charge is 0.348 e. The lowest BCUT2D eigenvalue weighted by Gasteiger charge is -1.96. The van der Waals surface area contributed by atoms with E-state index in [-0.39, 0.29) is 0 Å². The second kappa shape index (κ2) is 5.27. The summed E-state index contributed by atoms with van der Waals surface area (Å²) in [5.74, 6) is 1.05. The van der Waals surface area contributed by atoms with Gasteiger partial charge in [0.25, 0.3) is 0 Å². The molecule has 3 aromatic rings. The van der Waals surface area contributed by atoms with Crippen LogP contribution in [0.4, 0.5) is 0 Å². The number of aryl methyl sites for hydroxylation is 1. The topological polar surface area (TPSA) is 57.4 Å². The molecule has 0 unspecified atom stereocenters. The third-order valence-corrected chi connectivity index (χ3v) is 3.71. The fraction of sp³-hybridized carbons (Fsp3) is 0.231. The average molecular weight is 258 g/mol. The molecule has 4 nitrogen and oxygen atoms in total. The lowest BCUT2D eigenvalue weighted by atomic mass is 10.3. The number of aromatic amines is 2. The minimum absolute atomic E-state index is 1.00. The van der Waals surface area contributed by atoms with Gasteiger partial charge in [0, 0.05) is 17.6 Å². The van der Waals surface area contributed by atoms with E-state index in [0.717, 1.165) is 34.8 Å². The number of imidazole rings is 2. The molecular weight excluding hydrogens is 244 g/mol. The number of rotatable bonds is 5. The molecule has 92 valence electrons. The Morgan fingerprint density at radius 3 is 3.00 bits per heavy atom. The van der Waals surface area contributed by atoms with E-state index in [1.165, 1.54) is 5.69 Å². The Kier molecular flexibility index (Phi) is 3.32. The van der Waals surface area contributed by atoms with Gasteiger partial charge in [0.2, 0.25) is 0 Å². The third kappa shape index (κ3) is 2.56. The van der Waals surface area contributed by atoms with Gasteiger partial charge in [-0.25, -0.2) is 9.97 Å². The molecule has 5 heteroatoms. The highest BCUT2D eigenvalue weighted by Gasteiger charge is 2.02. The minimum atomic E-state index is 1.00. The monoisotopic (exact) mass is 258 g/mol. The third-order valence-electron chi connectivity index (χ3n) is 2.75. The molecular formula is C13H14N4S. The normalized spacial score (nSPS) is 11.1. The molecule has 0 fully saturated rings. The van der Waals surface area contributed by atoms with Crippen LogP contribution in [0.25, 0.3) is 11.0 Å². The number of fused-ring (bicyclic) bond motifs is 1. The highest BCUT2D eigenvalue weighted by Crippen LogP contribution is 2.20. The second-order valence-corrected chi connectivity index (χ2v) is 5.17. The summed E-state index contributed by atoms with van der Waals surface area (Å²) in [6, 6.07) is 8.11. The summed E-state index contributed by atoms with van der Waals surface area (Å²) < 4.78 is 0. The van der Waals surface area contributed by atoms with Crippen molar-refractivity contribution < 1.29 is 0 Å². The molecule has 2 aromatic heterocycles. The van der Waals surface area contributed by atoms with Crippen LogP contribution in [0, 0.1) is 0 Å². The zero-order chi connectivity index (χ0) is 12.2. The Bertz CT molecular complexity index is 582. The van der Waals surface area contributed by atoms with E-state index in [1.807, 2.05) is 24.4 Å². The summed E-state index contributed by atoms with van der Waals surface area (Å²) in [5, 5.41) is 1.00. The van der Waals surface area contributed by atoms with Crippen LogP contribution in [-0.4, -0.2) is 25.7 Å². The van der Waals surface area contributed by atoms with Crippen LogP contribution in [0.2, 0.25) is 0 Å². The molecule has 0 saturated heterocycles. The van der Waals surface area contributed by atoms with Gasteiger partial charge in [-0.05, 0) is 25.0 Å². The summed E-state index contributed by atoms with van der Waals surface area (Å²) >= 11 is 1.77. The number of benzene rings is 1. The molecule has 0 radical (unpaired) electrons. The minimum Gasteiger partial charge on any atom is -0.348 e. The van der Waals surface area contributed by atoms with Crippen molar-refractivity contribution >= 4 is 22.8 Å². The number of thioether (sulfide) groups is 1. The van der Waals surface area contributed by atoms with Crippen molar-refractivity contribution in [1.29, 1.82) is 0 Å². The van der Waals surface area contributed by atoms with Crippen molar-refractivity contribution in [2.24, 2.45) is 0 Å². The van der Waals surface area contributed by atoms with Crippen molar-refractivity contribution in [3.05, 3.63) is 42.5 Å². The maximum absolute atomic E-state index is 4.53. The Morgan fingerprint density at radius 1 is 1.22 bits per heavy atom. The van der Waals surface area contributed by atoms with E-state index in [4.69, 9.17) is 0 Å². The molecule has 0 aliphatic rings. The Morgan fingerprint density at radius 2 is 2.17 bits per heavy atom. The molecule has 0 spiro atoms. The highest BCUT2D eigenvalue weighted by atomic mass is 32.2. The standard InChI is InChI=1S/C13H14N4S/c1-2-6-12-11(5-1)16-13(17-12)18-7-3-4-10-8-14-9-15-10/h1-2,5-6,8-9H,3-4,7H2,(H,14,15)(H,16,17). The van der Waals surface area contributed by atoms with E-state index in [9.17, 15) is 0 Å². The van der Waals surface area contributed by atoms with Crippen molar-refractivity contribution in [3.63, 3.8) is 0 Å². The lowest BCUT2D eigenvalue weighted by molar-refractivity contribution is 0.899. The van der Waals surface area contributed by atoms with Crippen LogP contribution in [0.1, 0.15) is 12.1 Å². The van der Waals surface area contributed by atoms with E-state index in [2.05, 4.69) is 26.0 Å². The SMILES string of the molecule is c1ccc2[nH]c(SCCCc3cnc[nH]3)nc2c1. The number of nitrogens with one attached hydrogen (secondary N) is 2. The van der Waals surface area contributed by atoms with Gasteiger partial charge in [-0.15, -0.1) is 0 Å². The molecule has 1 aromatic carbocycles. The first-order chi connectivity index (χ1) is 8.92. The number of aromatic nitrogens is 4. The molecule has 0 atom stereocenters. The fourth-order valence-corrected chi connectivity index (χ4v) is 2.68. The Balaban J connectivity index is 1.53. The van der Waals surface area contributed by atoms with Gasteiger partial charge in [-0.2, -0.15) is 0 Å². The van der Waals surface area contributed by atoms with Crippen LogP contribution in [-0.2, 0) is 6.42 Å². The van der Waals surface area contributed by atoms with Gasteiger partial charge in [0.1, 0.15) is 0 Å². The quantitative estimate of drug-likeness (QED) is 0.546. The van der Waals surface area contributed by atoms with E-state index >= 15 is 0 Å². The molecule has 0 bridgehead atoms. The zero-order valence-corrected chi connectivity index (χ0v) is 10.7. The van der Waals surface area contributed by atoms with Gasteiger partial charge in [0.05, 0.1) is 17.4 Å². The van der Waals surface area contributed by atoms with Crippen molar-refractivity contribution in [1.82, 2.24) is 19.9 Å². The van der Waals surface area contributed by atoms with Crippen molar-refractivity contribution in [3.8, 4) is 0 Å². The summed E-state index contributed by atoms with van der Waals surface area (Å²) in [6.45, 7) is 0. The smallest absolute Gasteiger partial charge is 0.166 e. The predicted octanol–water partition coefficient (Wildman–Crippen LogP) is 3.01. The Labute approximate surface area is 109 Å². The maximum atomic E-state index is 4.53. The van der Waals surface area contributed by atoms with E-state index in [1.54, 1.807) is 18.1 Å². The van der Waals surface area contributed by atoms with Gasteiger partial charge in [0.15, 0.2) is 5.16 Å². The predicted molar refractivity (Wildman–Crippen MR) is 73.7 cm³/mol. The van der Waals surface area contributed by atoms with E-state index in [0.29, 0.717) is 0 Å². The molecule has 18 heavy (non-hydrogen) atoms. The molecule has 2 heterocycles. The zero-order valence-electron chi connectivity index (χ0n) is 9.89. The molecule has 2 N–H and O–H groups in total. The number of hydrogen-bond donors (Lipinski definition) is 2. The van der Waals surface area contributed by atoms with Crippen molar-refractivity contribution in [2.45, 2.75) is 18.0 Å². The lowest BCUT2D eigenvalue weighted by Crippen LogP contribution is -1.88. The summed E-state index contributed by atoms with van der Waals surface area (Å²) in [7, 11) is 0. The van der Waals surface area contributed by atoms with Crippen LogP contribution in [0.3, 0.4) is 0 Å². The van der Waals surface area contributed by atoms with Crippen LogP contribution < -0.4 is 0 Å². The van der Waals surface area contributed by atoms with Crippen LogP contribution in [0.5, 0.6) is 0 Å². The maximum Gasteiger partial charge on any atom is 0.166 e. The number of H-pyrrole nitrogens is 2. The Hall–Kier alpha value is -1.75. The molecule has 0 aliphatic carbocycles. The van der Waals surface area contributed by atoms with Crippen LogP contribution in [0.15, 0.2) is 41.9 Å². The van der Waals surface area contributed by atoms with Gasteiger partial charge in [-0.3, -0.25) is 0 Å². The number of para-hydroxylation sites is 2. The molecule has 0 saturated carbocycles. The fourth-order valence-electron chi connectivity index (χ4n) is 1.85. The van der Waals surface area contributed by atoms with Crippen LogP contribution >= 0.6 is 11.8 Å². The van der Waals surface area contributed by atoms with Gasteiger partial charge in [-0.1, -0.05) is 23.9 Å². The van der Waals surface area contributed by atoms with Gasteiger partial charge >= 0.3 is 0 Å².